The summed E-state index contributed by atoms with van der Waals surface area (Å²) in [6, 6.07) is 15.2. The molecular weight excluding hydrogens is 424 g/mol. The molecule has 0 aliphatic carbocycles. The van der Waals surface area contributed by atoms with Crippen LogP contribution in [0.3, 0.4) is 0 Å². The molecule has 0 atom stereocenters. The molecule has 168 valence electrons. The van der Waals surface area contributed by atoms with Gasteiger partial charge in [-0.2, -0.15) is 4.37 Å². The molecule has 2 heterocycles. The first-order valence-electron chi connectivity index (χ1n) is 11.0. The van der Waals surface area contributed by atoms with Crippen LogP contribution in [0.15, 0.2) is 48.5 Å². The van der Waals surface area contributed by atoms with E-state index < -0.39 is 5.97 Å². The molecule has 4 rings (SSSR count). The first kappa shape index (κ1) is 22.2. The van der Waals surface area contributed by atoms with Crippen LogP contribution in [-0.2, 0) is 4.79 Å². The lowest BCUT2D eigenvalue weighted by Crippen LogP contribution is -2.46. The molecule has 1 aromatic heterocycles. The Bertz CT molecular complexity index is 1080. The normalized spacial score (nSPS) is 14.5. The number of amides is 1. The number of carbonyl (C=O) groups excluding carboxylic acids is 2. The summed E-state index contributed by atoms with van der Waals surface area (Å²) in [6.45, 7) is 6.95. The van der Waals surface area contributed by atoms with Crippen LogP contribution in [0.25, 0.3) is 10.1 Å². The average Bonchev–Trinajstić information content (AvgIpc) is 3.23. The number of esters is 1. The Morgan fingerprint density at radius 1 is 1.03 bits per heavy atom. The van der Waals surface area contributed by atoms with E-state index in [0.29, 0.717) is 17.9 Å². The fraction of sp³-hybridized carbons (Fsp3) is 0.375. The number of nitrogens with one attached hydrogen (secondary N) is 1. The van der Waals surface area contributed by atoms with Gasteiger partial charge in [0.1, 0.15) is 11.6 Å². The molecule has 0 bridgehead atoms. The van der Waals surface area contributed by atoms with E-state index in [4.69, 9.17) is 4.74 Å². The first-order valence-corrected chi connectivity index (χ1v) is 11.8. The summed E-state index contributed by atoms with van der Waals surface area (Å²) in [5.41, 5.74) is 0.383. The van der Waals surface area contributed by atoms with Gasteiger partial charge < -0.3 is 15.0 Å². The standard InChI is InChI=1S/C24H28N4O3S/c1-18(29)31-21-10-4-2-8-19(21)24(30)25-12-6-7-13-27-14-16-28(17-15-27)23-20-9-3-5-11-22(20)32-26-23/h2-5,8-11H,6-7,12-17H2,1H3,(H,25,30). The largest absolute Gasteiger partial charge is 0.426 e. The van der Waals surface area contributed by atoms with Crippen LogP contribution in [0, 0.1) is 0 Å². The molecule has 8 heteroatoms. The lowest BCUT2D eigenvalue weighted by molar-refractivity contribution is -0.131. The molecule has 0 saturated carbocycles. The van der Waals surface area contributed by atoms with Crippen molar-refractivity contribution in [3.63, 3.8) is 0 Å². The highest BCUT2D eigenvalue weighted by atomic mass is 32.1. The Labute approximate surface area is 192 Å². The summed E-state index contributed by atoms with van der Waals surface area (Å²) in [6.07, 6.45) is 1.92. The Hall–Kier alpha value is -2.97. The third kappa shape index (κ3) is 5.44. The summed E-state index contributed by atoms with van der Waals surface area (Å²) in [7, 11) is 0. The number of benzene rings is 2. The first-order chi connectivity index (χ1) is 15.6. The molecule has 0 radical (unpaired) electrons. The molecule has 2 aromatic carbocycles. The highest BCUT2D eigenvalue weighted by Gasteiger charge is 2.20. The third-order valence-corrected chi connectivity index (χ3v) is 6.42. The summed E-state index contributed by atoms with van der Waals surface area (Å²) in [5, 5.41) is 4.18. The van der Waals surface area contributed by atoms with E-state index >= 15 is 0 Å². The van der Waals surface area contributed by atoms with Gasteiger partial charge in [-0.15, -0.1) is 0 Å². The van der Waals surface area contributed by atoms with Crippen molar-refractivity contribution in [3.8, 4) is 5.75 Å². The van der Waals surface area contributed by atoms with E-state index in [2.05, 4.69) is 43.8 Å². The molecule has 0 unspecified atom stereocenters. The SMILES string of the molecule is CC(=O)Oc1ccccc1C(=O)NCCCCN1CCN(c2nsc3ccccc23)CC1. The number of hydrogen-bond acceptors (Lipinski definition) is 7. The number of aromatic nitrogens is 1. The lowest BCUT2D eigenvalue weighted by Gasteiger charge is -2.35. The Morgan fingerprint density at radius 3 is 2.59 bits per heavy atom. The maximum absolute atomic E-state index is 12.4. The summed E-state index contributed by atoms with van der Waals surface area (Å²) < 4.78 is 11.0. The van der Waals surface area contributed by atoms with Gasteiger partial charge in [-0.1, -0.05) is 24.3 Å². The van der Waals surface area contributed by atoms with E-state index in [0.717, 1.165) is 51.4 Å². The zero-order valence-corrected chi connectivity index (χ0v) is 19.1. The quantitative estimate of drug-likeness (QED) is 0.320. The zero-order chi connectivity index (χ0) is 22.3. The molecule has 1 saturated heterocycles. The molecule has 0 spiro atoms. The number of anilines is 1. The van der Waals surface area contributed by atoms with Crippen LogP contribution in [-0.4, -0.2) is 60.4 Å². The van der Waals surface area contributed by atoms with Gasteiger partial charge in [0.2, 0.25) is 0 Å². The number of para-hydroxylation sites is 1. The van der Waals surface area contributed by atoms with Crippen LogP contribution in [0.4, 0.5) is 5.82 Å². The van der Waals surface area contributed by atoms with Gasteiger partial charge in [0.25, 0.3) is 5.91 Å². The van der Waals surface area contributed by atoms with Crippen LogP contribution in [0.5, 0.6) is 5.75 Å². The molecule has 7 nitrogen and oxygen atoms in total. The van der Waals surface area contributed by atoms with Crippen molar-refractivity contribution in [2.45, 2.75) is 19.8 Å². The molecule has 1 N–H and O–H groups in total. The Morgan fingerprint density at radius 2 is 1.78 bits per heavy atom. The number of rotatable bonds is 8. The minimum absolute atomic E-state index is 0.217. The molecule has 1 aliphatic rings. The number of fused-ring (bicyclic) bond motifs is 1. The summed E-state index contributed by atoms with van der Waals surface area (Å²) in [5.74, 6) is 0.754. The third-order valence-electron chi connectivity index (χ3n) is 5.60. The molecular formula is C24H28N4O3S. The predicted molar refractivity (Wildman–Crippen MR) is 128 cm³/mol. The van der Waals surface area contributed by atoms with Crippen molar-refractivity contribution in [1.82, 2.24) is 14.6 Å². The summed E-state index contributed by atoms with van der Waals surface area (Å²) in [4.78, 5) is 28.5. The lowest BCUT2D eigenvalue weighted by atomic mass is 10.2. The van der Waals surface area contributed by atoms with E-state index in [9.17, 15) is 9.59 Å². The van der Waals surface area contributed by atoms with Gasteiger partial charge in [0.05, 0.1) is 10.3 Å². The van der Waals surface area contributed by atoms with E-state index in [1.807, 2.05) is 0 Å². The van der Waals surface area contributed by atoms with Gasteiger partial charge in [-0.05, 0) is 55.2 Å². The highest BCUT2D eigenvalue weighted by molar-refractivity contribution is 7.13. The number of carbonyl (C=O) groups is 2. The van der Waals surface area contributed by atoms with Crippen molar-refractivity contribution in [3.05, 3.63) is 54.1 Å². The van der Waals surface area contributed by atoms with Crippen molar-refractivity contribution < 1.29 is 14.3 Å². The van der Waals surface area contributed by atoms with Gasteiger partial charge in [-0.25, -0.2) is 0 Å². The smallest absolute Gasteiger partial charge is 0.308 e. The second kappa shape index (κ2) is 10.6. The molecule has 3 aromatic rings. The molecule has 1 aliphatic heterocycles. The average molecular weight is 453 g/mol. The Balaban J connectivity index is 1.17. The number of piperazine rings is 1. The van der Waals surface area contributed by atoms with Crippen molar-refractivity contribution in [1.29, 1.82) is 0 Å². The van der Waals surface area contributed by atoms with E-state index in [-0.39, 0.29) is 5.91 Å². The molecule has 1 amide bonds. The fourth-order valence-corrected chi connectivity index (χ4v) is 4.74. The second-order valence-corrected chi connectivity index (χ2v) is 8.69. The van der Waals surface area contributed by atoms with E-state index in [1.165, 1.54) is 17.0 Å². The van der Waals surface area contributed by atoms with Gasteiger partial charge in [-0.3, -0.25) is 14.5 Å². The molecule has 32 heavy (non-hydrogen) atoms. The number of hydrogen-bond donors (Lipinski definition) is 1. The fourth-order valence-electron chi connectivity index (χ4n) is 3.94. The molecule has 1 fully saturated rings. The highest BCUT2D eigenvalue weighted by Crippen LogP contribution is 2.29. The van der Waals surface area contributed by atoms with Gasteiger partial charge in [0, 0.05) is 45.0 Å². The summed E-state index contributed by atoms with van der Waals surface area (Å²) >= 11 is 1.57. The van der Waals surface area contributed by atoms with Crippen molar-refractivity contribution in [2.24, 2.45) is 0 Å². The van der Waals surface area contributed by atoms with Gasteiger partial charge >= 0.3 is 5.97 Å². The maximum atomic E-state index is 12.4. The zero-order valence-electron chi connectivity index (χ0n) is 18.3. The second-order valence-electron chi connectivity index (χ2n) is 7.88. The van der Waals surface area contributed by atoms with E-state index in [1.54, 1.807) is 35.8 Å². The van der Waals surface area contributed by atoms with Crippen molar-refractivity contribution >= 4 is 39.3 Å². The number of ether oxygens (including phenoxy) is 1. The van der Waals surface area contributed by atoms with Gasteiger partial charge in [0.15, 0.2) is 0 Å². The van der Waals surface area contributed by atoms with Crippen molar-refractivity contribution in [2.75, 3.05) is 44.2 Å². The van der Waals surface area contributed by atoms with Crippen LogP contribution in [0.2, 0.25) is 0 Å². The van der Waals surface area contributed by atoms with Crippen LogP contribution >= 0.6 is 11.5 Å². The maximum Gasteiger partial charge on any atom is 0.308 e. The predicted octanol–water partition coefficient (Wildman–Crippen LogP) is 3.55. The number of unbranched alkanes of at least 4 members (excludes halogenated alkanes) is 1. The van der Waals surface area contributed by atoms with Crippen LogP contribution in [0.1, 0.15) is 30.1 Å². The topological polar surface area (TPSA) is 74.8 Å². The minimum Gasteiger partial charge on any atom is -0.426 e. The monoisotopic (exact) mass is 452 g/mol. The van der Waals surface area contributed by atoms with Crippen LogP contribution < -0.4 is 15.0 Å². The minimum atomic E-state index is -0.437. The number of nitrogens with zero attached hydrogens (tertiary/aromatic N) is 3. The Kier molecular flexibility index (Phi) is 7.34.